The molecule has 242 valence electrons. The Hall–Kier alpha value is -4.21. The van der Waals surface area contributed by atoms with Crippen LogP contribution in [0.5, 0.6) is 5.75 Å². The van der Waals surface area contributed by atoms with E-state index in [0.717, 1.165) is 22.9 Å². The summed E-state index contributed by atoms with van der Waals surface area (Å²) in [5.41, 5.74) is 2.80. The summed E-state index contributed by atoms with van der Waals surface area (Å²) in [5, 5.41) is 8.97. The van der Waals surface area contributed by atoms with Crippen molar-refractivity contribution in [1.29, 1.82) is 0 Å². The van der Waals surface area contributed by atoms with Gasteiger partial charge in [-0.2, -0.15) is 13.2 Å². The lowest BCUT2D eigenvalue weighted by Gasteiger charge is -2.34. The van der Waals surface area contributed by atoms with Crippen LogP contribution in [-0.4, -0.2) is 66.9 Å². The van der Waals surface area contributed by atoms with Crippen LogP contribution in [0.1, 0.15) is 34.6 Å². The first-order valence-corrected chi connectivity index (χ1v) is 15.7. The molecule has 0 saturated carbocycles. The molecule has 0 atom stereocenters. The molecule has 4 aromatic rings. The highest BCUT2D eigenvalue weighted by Gasteiger charge is 2.34. The van der Waals surface area contributed by atoms with Gasteiger partial charge in [-0.25, -0.2) is 4.79 Å². The van der Waals surface area contributed by atoms with Gasteiger partial charge in [-0.05, 0) is 41.3 Å². The minimum atomic E-state index is -4.54. The molecule has 0 radical (unpaired) electrons. The lowest BCUT2D eigenvalue weighted by molar-refractivity contribution is -0.137. The smallest absolute Gasteiger partial charge is 0.417 e. The molecule has 1 amide bonds. The SMILES string of the molecule is O=C(O)N1CCN(c2cccc(OCCCN(Cc3cccc(C(F)(F)F)c3Cl)CC(c3ccccc3)c3ccccc3)c2)CC1. The van der Waals surface area contributed by atoms with Crippen molar-refractivity contribution < 1.29 is 27.8 Å². The van der Waals surface area contributed by atoms with Gasteiger partial charge in [0.1, 0.15) is 5.75 Å². The van der Waals surface area contributed by atoms with E-state index in [2.05, 4.69) is 34.1 Å². The highest BCUT2D eigenvalue weighted by Crippen LogP contribution is 2.37. The Bertz CT molecular complexity index is 1530. The van der Waals surface area contributed by atoms with Crippen LogP contribution in [0, 0.1) is 0 Å². The van der Waals surface area contributed by atoms with Crippen molar-refractivity contribution in [3.05, 3.63) is 130 Å². The summed E-state index contributed by atoms with van der Waals surface area (Å²) in [6.45, 7) is 3.89. The molecule has 1 heterocycles. The van der Waals surface area contributed by atoms with Crippen LogP contribution in [-0.2, 0) is 12.7 Å². The Labute approximate surface area is 272 Å². The first kappa shape index (κ1) is 33.2. The second kappa shape index (κ2) is 15.4. The molecule has 5 rings (SSSR count). The largest absolute Gasteiger partial charge is 0.493 e. The predicted octanol–water partition coefficient (Wildman–Crippen LogP) is 8.26. The van der Waals surface area contributed by atoms with Gasteiger partial charge in [-0.1, -0.05) is 90.5 Å². The number of ether oxygens (including phenoxy) is 1. The molecule has 1 aliphatic rings. The molecule has 0 aromatic heterocycles. The van der Waals surface area contributed by atoms with Crippen LogP contribution in [0.2, 0.25) is 5.02 Å². The van der Waals surface area contributed by atoms with E-state index in [1.54, 1.807) is 6.07 Å². The number of hydrogen-bond acceptors (Lipinski definition) is 4. The maximum Gasteiger partial charge on any atom is 0.417 e. The number of halogens is 4. The number of carboxylic acid groups (broad SMARTS) is 1. The van der Waals surface area contributed by atoms with E-state index in [0.29, 0.717) is 63.6 Å². The predicted molar refractivity (Wildman–Crippen MR) is 175 cm³/mol. The topological polar surface area (TPSA) is 56.3 Å². The normalized spacial score (nSPS) is 13.8. The number of piperazine rings is 1. The summed E-state index contributed by atoms with van der Waals surface area (Å²) in [7, 11) is 0. The standard InChI is InChI=1S/C36H37ClF3N3O3/c37-34-29(14-7-17-33(34)36(38,39)40)25-41(26-32(27-10-3-1-4-11-27)28-12-5-2-6-13-28)18-9-23-46-31-16-8-15-30(24-31)42-19-21-43(22-20-42)35(44)45/h1-8,10-17,24,32H,9,18-23,25-26H2,(H,44,45). The number of anilines is 1. The molecular weight excluding hydrogens is 615 g/mol. The van der Waals surface area contributed by atoms with E-state index < -0.39 is 17.8 Å². The molecule has 46 heavy (non-hydrogen) atoms. The molecule has 1 fully saturated rings. The van der Waals surface area contributed by atoms with Gasteiger partial charge in [0.15, 0.2) is 0 Å². The monoisotopic (exact) mass is 651 g/mol. The van der Waals surface area contributed by atoms with Gasteiger partial charge in [0.05, 0.1) is 17.2 Å². The Morgan fingerprint density at radius 1 is 0.870 bits per heavy atom. The average molecular weight is 652 g/mol. The highest BCUT2D eigenvalue weighted by atomic mass is 35.5. The molecule has 0 spiro atoms. The Morgan fingerprint density at radius 3 is 2.11 bits per heavy atom. The minimum Gasteiger partial charge on any atom is -0.493 e. The van der Waals surface area contributed by atoms with Crippen molar-refractivity contribution in [1.82, 2.24) is 9.80 Å². The number of alkyl halides is 3. The van der Waals surface area contributed by atoms with Crippen LogP contribution in [0.3, 0.4) is 0 Å². The highest BCUT2D eigenvalue weighted by molar-refractivity contribution is 6.32. The first-order valence-electron chi connectivity index (χ1n) is 15.3. The number of benzene rings is 4. The second-order valence-electron chi connectivity index (χ2n) is 11.3. The molecule has 6 nitrogen and oxygen atoms in total. The fraction of sp³-hybridized carbons (Fsp3) is 0.306. The Balaban J connectivity index is 1.29. The van der Waals surface area contributed by atoms with E-state index in [9.17, 15) is 23.1 Å². The molecule has 1 N–H and O–H groups in total. The average Bonchev–Trinajstić information content (AvgIpc) is 3.06. The third kappa shape index (κ3) is 8.73. The number of nitrogens with zero attached hydrogens (tertiary/aromatic N) is 3. The zero-order chi connectivity index (χ0) is 32.5. The zero-order valence-corrected chi connectivity index (χ0v) is 26.1. The van der Waals surface area contributed by atoms with Crippen LogP contribution in [0.25, 0.3) is 0 Å². The van der Waals surface area contributed by atoms with E-state index in [-0.39, 0.29) is 17.5 Å². The fourth-order valence-corrected chi connectivity index (χ4v) is 6.13. The third-order valence-corrected chi connectivity index (χ3v) is 8.69. The number of rotatable bonds is 12. The summed E-state index contributed by atoms with van der Waals surface area (Å²) in [6.07, 6.45) is -4.81. The zero-order valence-electron chi connectivity index (χ0n) is 25.4. The first-order chi connectivity index (χ1) is 22.2. The number of carbonyl (C=O) groups is 1. The number of amides is 1. The molecule has 4 aromatic carbocycles. The van der Waals surface area contributed by atoms with Gasteiger partial charge in [0.25, 0.3) is 0 Å². The van der Waals surface area contributed by atoms with E-state index >= 15 is 0 Å². The summed E-state index contributed by atoms with van der Waals surface area (Å²) in [6, 6.07) is 32.0. The summed E-state index contributed by atoms with van der Waals surface area (Å²) in [5.74, 6) is 0.697. The Kier molecular flexibility index (Phi) is 11.1. The van der Waals surface area contributed by atoms with Crippen molar-refractivity contribution in [2.45, 2.75) is 25.1 Å². The second-order valence-corrected chi connectivity index (χ2v) is 11.7. The summed E-state index contributed by atoms with van der Waals surface area (Å²) < 4.78 is 47.2. The maximum absolute atomic E-state index is 13.7. The van der Waals surface area contributed by atoms with Gasteiger partial charge < -0.3 is 19.6 Å². The molecule has 10 heteroatoms. The molecule has 0 unspecified atom stereocenters. The lowest BCUT2D eigenvalue weighted by Crippen LogP contribution is -2.48. The fourth-order valence-electron chi connectivity index (χ4n) is 5.83. The van der Waals surface area contributed by atoms with Crippen molar-refractivity contribution in [3.8, 4) is 5.75 Å². The van der Waals surface area contributed by atoms with Crippen molar-refractivity contribution in [3.63, 3.8) is 0 Å². The van der Waals surface area contributed by atoms with Crippen LogP contribution < -0.4 is 9.64 Å². The van der Waals surface area contributed by atoms with Crippen LogP contribution >= 0.6 is 11.6 Å². The van der Waals surface area contributed by atoms with Crippen LogP contribution in [0.15, 0.2) is 103 Å². The quantitative estimate of drug-likeness (QED) is 0.156. The van der Waals surface area contributed by atoms with Crippen molar-refractivity contribution in [2.24, 2.45) is 0 Å². The molecule has 1 aliphatic heterocycles. The summed E-state index contributed by atoms with van der Waals surface area (Å²) in [4.78, 5) is 17.0. The maximum atomic E-state index is 13.7. The molecule has 0 aliphatic carbocycles. The molecular formula is C36H37ClF3N3O3. The van der Waals surface area contributed by atoms with Crippen molar-refractivity contribution in [2.75, 3.05) is 50.8 Å². The van der Waals surface area contributed by atoms with Crippen molar-refractivity contribution >= 4 is 23.4 Å². The lowest BCUT2D eigenvalue weighted by atomic mass is 9.90. The number of hydrogen-bond donors (Lipinski definition) is 1. The molecule has 0 bridgehead atoms. The minimum absolute atomic E-state index is 0.00818. The van der Waals surface area contributed by atoms with Gasteiger partial charge in [0.2, 0.25) is 0 Å². The third-order valence-electron chi connectivity index (χ3n) is 8.24. The molecule has 1 saturated heterocycles. The summed E-state index contributed by atoms with van der Waals surface area (Å²) >= 11 is 6.34. The van der Waals surface area contributed by atoms with Gasteiger partial charge in [-0.3, -0.25) is 4.90 Å². The van der Waals surface area contributed by atoms with E-state index in [4.69, 9.17) is 16.3 Å². The van der Waals surface area contributed by atoms with E-state index in [1.807, 2.05) is 60.7 Å². The Morgan fingerprint density at radius 2 is 1.50 bits per heavy atom. The van der Waals surface area contributed by atoms with E-state index in [1.165, 1.54) is 11.0 Å². The van der Waals surface area contributed by atoms with Gasteiger partial charge >= 0.3 is 12.3 Å². The van der Waals surface area contributed by atoms with Crippen LogP contribution in [0.4, 0.5) is 23.7 Å². The van der Waals surface area contributed by atoms with Gasteiger partial charge in [0, 0.05) is 63.5 Å². The van der Waals surface area contributed by atoms with Gasteiger partial charge in [-0.15, -0.1) is 0 Å².